The fourth-order valence-corrected chi connectivity index (χ4v) is 3.43. The summed E-state index contributed by atoms with van der Waals surface area (Å²) in [6.45, 7) is 10.1. The molecule has 0 unspecified atom stereocenters. The summed E-state index contributed by atoms with van der Waals surface area (Å²) in [5.41, 5.74) is -0.918. The number of esters is 1. The van der Waals surface area contributed by atoms with E-state index in [2.05, 4.69) is 0 Å². The van der Waals surface area contributed by atoms with Crippen LogP contribution in [0.25, 0.3) is 5.57 Å². The summed E-state index contributed by atoms with van der Waals surface area (Å²) in [4.78, 5) is 39.5. The van der Waals surface area contributed by atoms with Gasteiger partial charge in [-0.1, -0.05) is 23.2 Å². The Kier molecular flexibility index (Phi) is 7.33. The number of hydrogen-bond donors (Lipinski definition) is 0. The van der Waals surface area contributed by atoms with Gasteiger partial charge in [0.1, 0.15) is 23.0 Å². The van der Waals surface area contributed by atoms with Crippen LogP contribution in [-0.2, 0) is 19.1 Å². The molecule has 1 aromatic carbocycles. The Bertz CT molecular complexity index is 927. The Labute approximate surface area is 192 Å². The molecule has 0 bridgehead atoms. The second kappa shape index (κ2) is 9.09. The van der Waals surface area contributed by atoms with Crippen LogP contribution in [-0.4, -0.2) is 47.2 Å². The first kappa shape index (κ1) is 25.0. The molecule has 0 spiro atoms. The van der Waals surface area contributed by atoms with Crippen molar-refractivity contribution in [2.24, 2.45) is 0 Å². The molecule has 9 heteroatoms. The molecule has 1 atom stereocenters. The molecule has 1 aliphatic heterocycles. The molecule has 170 valence electrons. The van der Waals surface area contributed by atoms with E-state index in [0.29, 0.717) is 16.9 Å². The van der Waals surface area contributed by atoms with Gasteiger partial charge in [0.15, 0.2) is 0 Å². The first-order chi connectivity index (χ1) is 14.1. The van der Waals surface area contributed by atoms with Crippen molar-refractivity contribution in [3.05, 3.63) is 33.8 Å². The molecular weight excluding hydrogens is 445 g/mol. The van der Waals surface area contributed by atoms with Crippen molar-refractivity contribution in [2.45, 2.75) is 65.2 Å². The number of carbonyl (C=O) groups excluding carboxylic acids is 3. The zero-order chi connectivity index (χ0) is 23.7. The van der Waals surface area contributed by atoms with E-state index in [1.807, 2.05) is 0 Å². The highest BCUT2D eigenvalue weighted by Crippen LogP contribution is 2.41. The van der Waals surface area contributed by atoms with Crippen LogP contribution < -0.4 is 4.74 Å². The van der Waals surface area contributed by atoms with E-state index in [1.165, 1.54) is 13.2 Å². The van der Waals surface area contributed by atoms with Gasteiger partial charge < -0.3 is 14.2 Å². The molecule has 0 radical (unpaired) electrons. The number of nitrogens with zero attached hydrogens (tertiary/aromatic N) is 1. The first-order valence-corrected chi connectivity index (χ1v) is 10.4. The lowest BCUT2D eigenvalue weighted by molar-refractivity contribution is -0.163. The number of ether oxygens (including phenoxy) is 3. The first-order valence-electron chi connectivity index (χ1n) is 9.66. The van der Waals surface area contributed by atoms with Crippen LogP contribution in [0.4, 0.5) is 4.79 Å². The zero-order valence-corrected chi connectivity index (χ0v) is 20.2. The normalized spacial score (nSPS) is 17.2. The van der Waals surface area contributed by atoms with E-state index in [-0.39, 0.29) is 16.5 Å². The molecule has 1 heterocycles. The Morgan fingerprint density at radius 1 is 1.03 bits per heavy atom. The molecule has 0 aromatic heterocycles. The summed E-state index contributed by atoms with van der Waals surface area (Å²) < 4.78 is 16.2. The summed E-state index contributed by atoms with van der Waals surface area (Å²) in [5, 5.41) is 0.433. The highest BCUT2D eigenvalue weighted by Gasteiger charge is 2.43. The fourth-order valence-electron chi connectivity index (χ4n) is 2.99. The zero-order valence-electron chi connectivity index (χ0n) is 18.7. The molecule has 1 aromatic rings. The summed E-state index contributed by atoms with van der Waals surface area (Å²) >= 11 is 12.6. The maximum atomic E-state index is 13.0. The highest BCUT2D eigenvalue weighted by atomic mass is 35.5. The fraction of sp³-hybridized carbons (Fsp3) is 0.500. The van der Waals surface area contributed by atoms with E-state index in [0.717, 1.165) is 4.90 Å². The molecule has 0 aliphatic carbocycles. The van der Waals surface area contributed by atoms with Gasteiger partial charge in [-0.25, -0.2) is 14.5 Å². The van der Waals surface area contributed by atoms with Gasteiger partial charge in [0.05, 0.1) is 17.2 Å². The van der Waals surface area contributed by atoms with E-state index in [9.17, 15) is 14.4 Å². The number of halogens is 2. The average Bonchev–Trinajstić information content (AvgIpc) is 2.60. The van der Waals surface area contributed by atoms with Crippen LogP contribution in [0.1, 0.15) is 53.5 Å². The average molecular weight is 472 g/mol. The van der Waals surface area contributed by atoms with Gasteiger partial charge in [0.25, 0.3) is 5.91 Å². The van der Waals surface area contributed by atoms with Crippen molar-refractivity contribution < 1.29 is 28.6 Å². The number of imide groups is 1. The molecule has 31 heavy (non-hydrogen) atoms. The predicted octanol–water partition coefficient (Wildman–Crippen LogP) is 5.26. The number of hydrogen-bond acceptors (Lipinski definition) is 6. The lowest BCUT2D eigenvalue weighted by atomic mass is 9.93. The summed E-state index contributed by atoms with van der Waals surface area (Å²) in [6.07, 6.45) is 0.245. The van der Waals surface area contributed by atoms with Gasteiger partial charge in [-0.05, 0) is 59.2 Å². The van der Waals surface area contributed by atoms with Crippen molar-refractivity contribution in [2.75, 3.05) is 7.11 Å². The molecule has 0 fully saturated rings. The second-order valence-electron chi connectivity index (χ2n) is 9.05. The number of rotatable bonds is 3. The minimum Gasteiger partial charge on any atom is -0.496 e. The van der Waals surface area contributed by atoms with Crippen molar-refractivity contribution in [3.63, 3.8) is 0 Å². The summed E-state index contributed by atoms with van der Waals surface area (Å²) in [7, 11) is 1.45. The number of benzene rings is 1. The maximum absolute atomic E-state index is 13.0. The Balaban J connectivity index is 2.57. The molecule has 7 nitrogen and oxygen atoms in total. The van der Waals surface area contributed by atoms with E-state index in [4.69, 9.17) is 37.4 Å². The number of methoxy groups -OCH3 is 1. The molecular formula is C22H27Cl2NO6. The van der Waals surface area contributed by atoms with Gasteiger partial charge >= 0.3 is 12.1 Å². The number of amides is 2. The van der Waals surface area contributed by atoms with E-state index in [1.54, 1.807) is 53.7 Å². The number of carbonyl (C=O) groups is 3. The van der Waals surface area contributed by atoms with Gasteiger partial charge in [-0.2, -0.15) is 0 Å². The van der Waals surface area contributed by atoms with Gasteiger partial charge in [0.2, 0.25) is 0 Å². The third-order valence-corrected chi connectivity index (χ3v) is 4.93. The van der Waals surface area contributed by atoms with Gasteiger partial charge in [-0.3, -0.25) is 4.79 Å². The van der Waals surface area contributed by atoms with Crippen LogP contribution in [0.2, 0.25) is 10.0 Å². The molecule has 0 saturated heterocycles. The highest BCUT2D eigenvalue weighted by molar-refractivity contribution is 6.43. The second-order valence-corrected chi connectivity index (χ2v) is 9.84. The lowest BCUT2D eigenvalue weighted by Crippen LogP contribution is -2.53. The van der Waals surface area contributed by atoms with Crippen LogP contribution in [0.15, 0.2) is 18.2 Å². The van der Waals surface area contributed by atoms with Gasteiger partial charge in [0, 0.05) is 18.1 Å². The minimum absolute atomic E-state index is 0.0453. The SMILES string of the molecule is COc1ccc(Cl)c(Cl)c1C1=CC(=O)N(C(=O)OC(C)(C)C)[C@H](C(=O)OC(C)(C)C)C1. The van der Waals surface area contributed by atoms with Crippen molar-refractivity contribution >= 4 is 46.7 Å². The third kappa shape index (κ3) is 6.14. The third-order valence-electron chi connectivity index (χ3n) is 4.13. The standard InChI is InChI=1S/C22H27Cl2NO6/c1-21(2,3)30-19(27)14-10-12(17-15(29-7)9-8-13(23)18(17)24)11-16(26)25(14)20(28)31-22(4,5)6/h8-9,11,14H,10H2,1-7H3/t14-/m0/s1. The van der Waals surface area contributed by atoms with Crippen molar-refractivity contribution in [1.82, 2.24) is 4.90 Å². The summed E-state index contributed by atoms with van der Waals surface area (Å²) in [5.74, 6) is -1.10. The molecule has 2 amide bonds. The van der Waals surface area contributed by atoms with Crippen LogP contribution >= 0.6 is 23.2 Å². The molecule has 2 rings (SSSR count). The molecule has 0 N–H and O–H groups in total. The Morgan fingerprint density at radius 2 is 1.61 bits per heavy atom. The maximum Gasteiger partial charge on any atom is 0.418 e. The van der Waals surface area contributed by atoms with E-state index >= 15 is 0 Å². The minimum atomic E-state index is -1.25. The monoisotopic (exact) mass is 471 g/mol. The van der Waals surface area contributed by atoms with Crippen LogP contribution in [0.3, 0.4) is 0 Å². The summed E-state index contributed by atoms with van der Waals surface area (Å²) in [6, 6.07) is 1.93. The molecule has 0 saturated carbocycles. The van der Waals surface area contributed by atoms with E-state index < -0.39 is 35.2 Å². The van der Waals surface area contributed by atoms with Crippen LogP contribution in [0.5, 0.6) is 5.75 Å². The molecule has 1 aliphatic rings. The largest absolute Gasteiger partial charge is 0.496 e. The topological polar surface area (TPSA) is 82.1 Å². The van der Waals surface area contributed by atoms with Crippen LogP contribution in [0, 0.1) is 0 Å². The van der Waals surface area contributed by atoms with Crippen molar-refractivity contribution in [3.8, 4) is 5.75 Å². The quantitative estimate of drug-likeness (QED) is 0.558. The van der Waals surface area contributed by atoms with Crippen molar-refractivity contribution in [1.29, 1.82) is 0 Å². The predicted molar refractivity (Wildman–Crippen MR) is 118 cm³/mol. The van der Waals surface area contributed by atoms with Gasteiger partial charge in [-0.15, -0.1) is 0 Å². The Hall–Kier alpha value is -2.25. The smallest absolute Gasteiger partial charge is 0.418 e. The lowest BCUT2D eigenvalue weighted by Gasteiger charge is -2.35. The Morgan fingerprint density at radius 3 is 2.13 bits per heavy atom.